The fourth-order valence-electron chi connectivity index (χ4n) is 7.04. The van der Waals surface area contributed by atoms with Gasteiger partial charge in [-0.1, -0.05) is 91.0 Å². The van der Waals surface area contributed by atoms with E-state index in [-0.39, 0.29) is 5.90 Å². The minimum absolute atomic E-state index is 0.0706. The summed E-state index contributed by atoms with van der Waals surface area (Å²) < 4.78 is 12.8. The van der Waals surface area contributed by atoms with Crippen molar-refractivity contribution >= 4 is 33.3 Å². The van der Waals surface area contributed by atoms with E-state index in [0.29, 0.717) is 11.5 Å². The van der Waals surface area contributed by atoms with E-state index in [9.17, 15) is 5.41 Å². The van der Waals surface area contributed by atoms with Crippen molar-refractivity contribution in [2.75, 3.05) is 0 Å². The van der Waals surface area contributed by atoms with Crippen LogP contribution in [0.4, 0.5) is 0 Å². The number of nitrogens with one attached hydrogen (secondary N) is 2. The van der Waals surface area contributed by atoms with Crippen LogP contribution in [0, 0.1) is 5.41 Å². The van der Waals surface area contributed by atoms with E-state index in [0.717, 1.165) is 50.4 Å². The first-order valence-electron chi connectivity index (χ1n) is 15.5. The molecule has 0 aromatic heterocycles. The second-order valence-electron chi connectivity index (χ2n) is 12.2. The SMILES string of the molecule is CC12[NH+]=C(OC(=N)c3cc(-c4ccc5ccccc5c4)cc(-c4ccc5ccccc5c4)c3)c3cccc(c31)Oc1ccccc12. The Morgan fingerprint density at radius 3 is 1.85 bits per heavy atom. The molecular weight excluding hydrogens is 564 g/mol. The monoisotopic (exact) mass is 593 g/mol. The van der Waals surface area contributed by atoms with Gasteiger partial charge in [0.2, 0.25) is 11.4 Å². The van der Waals surface area contributed by atoms with Crippen LogP contribution in [0.15, 0.2) is 146 Å². The van der Waals surface area contributed by atoms with Gasteiger partial charge in [0.05, 0.1) is 11.1 Å². The highest BCUT2D eigenvalue weighted by molar-refractivity contribution is 6.07. The predicted molar refractivity (Wildman–Crippen MR) is 185 cm³/mol. The summed E-state index contributed by atoms with van der Waals surface area (Å²) in [6, 6.07) is 50.2. The third-order valence-corrected chi connectivity index (χ3v) is 9.34. The number of fused-ring (bicyclic) bond motifs is 4. The Hall–Kier alpha value is -6.00. The second kappa shape index (κ2) is 10.0. The third-order valence-electron chi connectivity index (χ3n) is 9.34. The molecule has 0 bridgehead atoms. The van der Waals surface area contributed by atoms with Crippen LogP contribution in [0.1, 0.15) is 29.2 Å². The third kappa shape index (κ3) is 4.15. The molecule has 0 saturated carbocycles. The summed E-state index contributed by atoms with van der Waals surface area (Å²) in [5.41, 5.74) is 7.35. The number of ether oxygens (including phenoxy) is 2. The highest BCUT2D eigenvalue weighted by atomic mass is 16.5. The van der Waals surface area contributed by atoms with Crippen molar-refractivity contribution in [3.8, 4) is 33.8 Å². The van der Waals surface area contributed by atoms with Gasteiger partial charge in [-0.15, -0.1) is 0 Å². The Labute approximate surface area is 266 Å². The van der Waals surface area contributed by atoms with Gasteiger partial charge in [0.15, 0.2) is 0 Å². The summed E-state index contributed by atoms with van der Waals surface area (Å²) in [7, 11) is 0. The van der Waals surface area contributed by atoms with Crippen LogP contribution in [0.3, 0.4) is 0 Å². The number of hydrogen-bond donors (Lipinski definition) is 2. The van der Waals surface area contributed by atoms with Crippen molar-refractivity contribution < 1.29 is 14.5 Å². The minimum Gasteiger partial charge on any atom is -0.456 e. The van der Waals surface area contributed by atoms with Gasteiger partial charge in [-0.05, 0) is 98.4 Å². The van der Waals surface area contributed by atoms with Crippen molar-refractivity contribution in [1.82, 2.24) is 0 Å². The van der Waals surface area contributed by atoms with Gasteiger partial charge in [-0.2, -0.15) is 4.99 Å². The molecule has 0 aliphatic carbocycles. The summed E-state index contributed by atoms with van der Waals surface area (Å²) in [6.45, 7) is 2.15. The molecule has 218 valence electrons. The Bertz CT molecular complexity index is 2330. The summed E-state index contributed by atoms with van der Waals surface area (Å²) in [6.07, 6.45) is 0. The maximum Gasteiger partial charge on any atom is 0.376 e. The number of rotatable bonds is 3. The first-order chi connectivity index (χ1) is 22.5. The van der Waals surface area contributed by atoms with Crippen molar-refractivity contribution in [1.29, 1.82) is 5.41 Å². The molecule has 2 heterocycles. The molecule has 0 fully saturated rings. The molecule has 7 aromatic rings. The maximum absolute atomic E-state index is 9.30. The zero-order chi connectivity index (χ0) is 30.8. The van der Waals surface area contributed by atoms with Gasteiger partial charge in [0.1, 0.15) is 17.1 Å². The van der Waals surface area contributed by atoms with E-state index in [4.69, 9.17) is 9.47 Å². The number of hydrogen-bond acceptors (Lipinski definition) is 3. The van der Waals surface area contributed by atoms with Crippen molar-refractivity contribution in [2.45, 2.75) is 12.5 Å². The van der Waals surface area contributed by atoms with Gasteiger partial charge >= 0.3 is 5.90 Å². The van der Waals surface area contributed by atoms with Gasteiger partial charge in [0.25, 0.3) is 0 Å². The second-order valence-corrected chi connectivity index (χ2v) is 12.2. The van der Waals surface area contributed by atoms with Crippen LogP contribution in [0.5, 0.6) is 11.5 Å². The lowest BCUT2D eigenvalue weighted by Gasteiger charge is -2.27. The normalized spacial score (nSPS) is 16.0. The molecule has 7 aromatic carbocycles. The Morgan fingerprint density at radius 1 is 0.587 bits per heavy atom. The molecule has 0 spiro atoms. The molecule has 9 rings (SSSR count). The summed E-state index contributed by atoms with van der Waals surface area (Å²) in [4.78, 5) is 3.64. The van der Waals surface area contributed by atoms with E-state index < -0.39 is 5.54 Å². The lowest BCUT2D eigenvalue weighted by molar-refractivity contribution is -0.545. The van der Waals surface area contributed by atoms with Crippen LogP contribution in [0.2, 0.25) is 0 Å². The van der Waals surface area contributed by atoms with Gasteiger partial charge in [0, 0.05) is 12.5 Å². The van der Waals surface area contributed by atoms with E-state index in [1.165, 1.54) is 21.5 Å². The van der Waals surface area contributed by atoms with Crippen molar-refractivity contribution in [3.05, 3.63) is 168 Å². The topological polar surface area (TPSA) is 56.3 Å². The van der Waals surface area contributed by atoms with Crippen LogP contribution in [-0.4, -0.2) is 11.8 Å². The average Bonchev–Trinajstić information content (AvgIpc) is 3.40. The van der Waals surface area contributed by atoms with Gasteiger partial charge < -0.3 is 9.47 Å². The Kier molecular flexibility index (Phi) is 5.75. The first kappa shape index (κ1) is 26.4. The smallest absolute Gasteiger partial charge is 0.376 e. The van der Waals surface area contributed by atoms with Crippen LogP contribution >= 0.6 is 0 Å². The molecule has 4 heteroatoms. The molecule has 0 radical (unpaired) electrons. The molecule has 2 aliphatic rings. The summed E-state index contributed by atoms with van der Waals surface area (Å²) in [5, 5.41) is 14.0. The fourth-order valence-corrected chi connectivity index (χ4v) is 7.04. The largest absolute Gasteiger partial charge is 0.456 e. The van der Waals surface area contributed by atoms with E-state index >= 15 is 0 Å². The average molecular weight is 594 g/mol. The molecule has 1 unspecified atom stereocenters. The number of para-hydroxylation sites is 1. The van der Waals surface area contributed by atoms with Crippen molar-refractivity contribution in [2.24, 2.45) is 0 Å². The zero-order valence-electron chi connectivity index (χ0n) is 25.2. The highest BCUT2D eigenvalue weighted by Gasteiger charge is 2.51. The minimum atomic E-state index is -0.542. The predicted octanol–water partition coefficient (Wildman–Crippen LogP) is 8.58. The summed E-state index contributed by atoms with van der Waals surface area (Å²) >= 11 is 0. The van der Waals surface area contributed by atoms with Gasteiger partial charge in [-0.25, -0.2) is 0 Å². The molecule has 2 aliphatic heterocycles. The molecule has 0 saturated heterocycles. The molecular formula is C42H29N2O2+. The Morgan fingerprint density at radius 2 is 1.17 bits per heavy atom. The zero-order valence-corrected chi connectivity index (χ0v) is 25.2. The molecule has 0 amide bonds. The molecule has 4 nitrogen and oxygen atoms in total. The lowest BCUT2D eigenvalue weighted by Crippen LogP contribution is -2.82. The number of benzene rings is 7. The lowest BCUT2D eigenvalue weighted by atomic mass is 9.82. The summed E-state index contributed by atoms with van der Waals surface area (Å²) in [5.74, 6) is 2.24. The van der Waals surface area contributed by atoms with E-state index in [1.54, 1.807) is 0 Å². The van der Waals surface area contributed by atoms with Crippen LogP contribution < -0.4 is 9.73 Å². The first-order valence-corrected chi connectivity index (χ1v) is 15.5. The van der Waals surface area contributed by atoms with Crippen LogP contribution in [-0.2, 0) is 10.3 Å². The standard InChI is InChI=1S/C42H28N2O2/c1-42-36-14-6-7-15-37(36)45-38-16-8-13-35(39(38)42)41(44-42)46-40(43)34-24-32(30-19-17-26-9-2-4-11-28(26)21-30)23-33(25-34)31-20-18-27-10-3-5-12-29(27)22-31/h2-25,43H,1H3/p+1. The van der Waals surface area contributed by atoms with Crippen molar-refractivity contribution in [3.63, 3.8) is 0 Å². The van der Waals surface area contributed by atoms with E-state index in [1.807, 2.05) is 36.4 Å². The van der Waals surface area contributed by atoms with Gasteiger partial charge in [-0.3, -0.25) is 5.41 Å². The quantitative estimate of drug-likeness (QED) is 0.159. The van der Waals surface area contributed by atoms with Crippen LogP contribution in [0.25, 0.3) is 43.8 Å². The fraction of sp³-hybridized carbons (Fsp3) is 0.0476. The highest BCUT2D eigenvalue weighted by Crippen LogP contribution is 2.47. The molecule has 46 heavy (non-hydrogen) atoms. The maximum atomic E-state index is 9.30. The molecule has 1 atom stereocenters. The Balaban J connectivity index is 1.16. The molecule has 2 N–H and O–H groups in total. The van der Waals surface area contributed by atoms with E-state index in [2.05, 4.69) is 121 Å².